The first-order valence-electron chi connectivity index (χ1n) is 19.4. The summed E-state index contributed by atoms with van der Waals surface area (Å²) in [7, 11) is 1.38. The lowest BCUT2D eigenvalue weighted by atomic mass is 10.1. The van der Waals surface area contributed by atoms with Gasteiger partial charge in [-0.25, -0.2) is 14.2 Å². The lowest BCUT2D eigenvalue weighted by Gasteiger charge is -2.24. The summed E-state index contributed by atoms with van der Waals surface area (Å²) in [5.41, 5.74) is 0. The number of nitrogens with zero attached hydrogens (tertiary/aromatic N) is 1. The molecule has 2 atom stereocenters. The molecule has 50 heavy (non-hydrogen) atoms. The molecule has 0 fully saturated rings. The number of carbonyl (C=O) groups is 2. The minimum atomic E-state index is -4.41. The molecule has 0 aromatic rings. The van der Waals surface area contributed by atoms with E-state index in [1.165, 1.54) is 115 Å². The summed E-state index contributed by atoms with van der Waals surface area (Å²) in [4.78, 5) is 34.9. The predicted molar refractivity (Wildman–Crippen MR) is 206 cm³/mol. The summed E-state index contributed by atoms with van der Waals surface area (Å²) in [5.74, 6) is -1.31. The number of carbonyl (C=O) groups excluding carboxylic acids is 2. The molecule has 0 aliphatic rings. The van der Waals surface area contributed by atoms with Crippen molar-refractivity contribution in [3.8, 4) is 0 Å². The van der Waals surface area contributed by atoms with Crippen LogP contribution in [-0.2, 0) is 32.7 Å². The van der Waals surface area contributed by atoms with Gasteiger partial charge in [-0.2, -0.15) is 0 Å². The monoisotopic (exact) mass is 727 g/mol. The van der Waals surface area contributed by atoms with Gasteiger partial charge in [-0.3, -0.25) is 9.05 Å². The summed E-state index contributed by atoms with van der Waals surface area (Å²) in [6, 6.07) is 0. The summed E-state index contributed by atoms with van der Waals surface area (Å²) in [5, 5.41) is 0. The summed E-state index contributed by atoms with van der Waals surface area (Å²) in [6.07, 6.45) is 37.1. The van der Waals surface area contributed by atoms with Crippen LogP contribution in [0.1, 0.15) is 142 Å². The van der Waals surface area contributed by atoms with E-state index in [0.29, 0.717) is 11.0 Å². The summed E-state index contributed by atoms with van der Waals surface area (Å²) >= 11 is 0. The maximum Gasteiger partial charge on any atom is 0.472 e. The van der Waals surface area contributed by atoms with Gasteiger partial charge in [0.25, 0.3) is 0 Å². The van der Waals surface area contributed by atoms with E-state index in [2.05, 4.69) is 13.8 Å². The first-order chi connectivity index (χ1) is 24.0. The zero-order valence-corrected chi connectivity index (χ0v) is 33.3. The largest absolute Gasteiger partial charge is 0.472 e. The number of quaternary nitrogens is 1. The fraction of sp³-hybridized carbons (Fsp3) is 0.750. The van der Waals surface area contributed by atoms with Gasteiger partial charge in [0, 0.05) is 12.2 Å². The van der Waals surface area contributed by atoms with Gasteiger partial charge >= 0.3 is 19.8 Å². The second kappa shape index (κ2) is 32.8. The molecule has 0 bridgehead atoms. The fourth-order valence-corrected chi connectivity index (χ4v) is 5.69. The number of hydrogen-bond acceptors (Lipinski definition) is 7. The van der Waals surface area contributed by atoms with Crippen LogP contribution >= 0.6 is 7.82 Å². The number of phosphoric acid groups is 1. The van der Waals surface area contributed by atoms with E-state index in [1.54, 1.807) is 18.2 Å². The number of ether oxygens (including phenoxy) is 2. The molecule has 0 aliphatic carbocycles. The highest BCUT2D eigenvalue weighted by molar-refractivity contribution is 7.47. The van der Waals surface area contributed by atoms with Gasteiger partial charge in [-0.05, 0) is 25.7 Å². The van der Waals surface area contributed by atoms with E-state index in [1.807, 2.05) is 39.4 Å². The van der Waals surface area contributed by atoms with Gasteiger partial charge in [0.2, 0.25) is 0 Å². The predicted octanol–water partition coefficient (Wildman–Crippen LogP) is 10.3. The van der Waals surface area contributed by atoms with Crippen molar-refractivity contribution in [3.05, 3.63) is 48.6 Å². The summed E-state index contributed by atoms with van der Waals surface area (Å²) in [6.45, 7) is 4.13. The van der Waals surface area contributed by atoms with Crippen LogP contribution in [0.15, 0.2) is 48.6 Å². The van der Waals surface area contributed by atoms with Crippen LogP contribution < -0.4 is 0 Å². The third-order valence-corrected chi connectivity index (χ3v) is 9.03. The van der Waals surface area contributed by atoms with Crippen molar-refractivity contribution in [1.29, 1.82) is 0 Å². The third kappa shape index (κ3) is 35.8. The highest BCUT2D eigenvalue weighted by Gasteiger charge is 2.26. The molecule has 0 spiro atoms. The Kier molecular flexibility index (Phi) is 31.5. The van der Waals surface area contributed by atoms with Crippen molar-refractivity contribution in [2.24, 2.45) is 0 Å². The first-order valence-corrected chi connectivity index (χ1v) is 20.9. The molecule has 1 N–H and O–H groups in total. The molecule has 0 aromatic heterocycles. The average molecular weight is 727 g/mol. The Morgan fingerprint density at radius 3 is 1.52 bits per heavy atom. The van der Waals surface area contributed by atoms with E-state index in [4.69, 9.17) is 18.5 Å². The molecule has 0 amide bonds. The van der Waals surface area contributed by atoms with Gasteiger partial charge in [-0.15, -0.1) is 0 Å². The van der Waals surface area contributed by atoms with Crippen LogP contribution in [0.3, 0.4) is 0 Å². The van der Waals surface area contributed by atoms with Crippen molar-refractivity contribution in [3.63, 3.8) is 0 Å². The Morgan fingerprint density at radius 2 is 1.06 bits per heavy atom. The third-order valence-electron chi connectivity index (χ3n) is 8.04. The Labute approximate surface area is 305 Å². The number of allylic oxidation sites excluding steroid dienone is 6. The SMILES string of the molecule is CCCCCCCCCCC/C=C/C=C/C(=O)OC[C@H](COP(=O)(O)OCC[N+](C)(C)C)OC(=O)/C=C/C=C/CCCCCCCCCCC. The van der Waals surface area contributed by atoms with Gasteiger partial charge < -0.3 is 18.9 Å². The Morgan fingerprint density at radius 1 is 0.620 bits per heavy atom. The van der Waals surface area contributed by atoms with E-state index < -0.39 is 32.5 Å². The molecule has 0 heterocycles. The molecule has 0 radical (unpaired) electrons. The Bertz CT molecular complexity index is 1000. The second-order valence-corrected chi connectivity index (χ2v) is 15.6. The zero-order valence-electron chi connectivity index (χ0n) is 32.4. The lowest BCUT2D eigenvalue weighted by molar-refractivity contribution is -0.870. The number of hydrogen-bond donors (Lipinski definition) is 1. The van der Waals surface area contributed by atoms with Crippen molar-refractivity contribution < 1.29 is 42.1 Å². The van der Waals surface area contributed by atoms with E-state index in [9.17, 15) is 19.0 Å². The van der Waals surface area contributed by atoms with Crippen molar-refractivity contribution in [1.82, 2.24) is 0 Å². The minimum absolute atomic E-state index is 0.00226. The van der Waals surface area contributed by atoms with Crippen molar-refractivity contribution in [2.45, 2.75) is 148 Å². The van der Waals surface area contributed by atoms with Crippen LogP contribution in [0.2, 0.25) is 0 Å². The van der Waals surface area contributed by atoms with Crippen LogP contribution in [0, 0.1) is 0 Å². The topological polar surface area (TPSA) is 108 Å². The second-order valence-electron chi connectivity index (χ2n) is 14.1. The van der Waals surface area contributed by atoms with Crippen LogP contribution in [0.25, 0.3) is 0 Å². The molecule has 0 aliphatic heterocycles. The maximum absolute atomic E-state index is 12.5. The molecular formula is C40H73NO8P+. The van der Waals surface area contributed by atoms with Crippen LogP contribution in [-0.4, -0.2) is 74.9 Å². The number of likely N-dealkylation sites (N-methyl/N-ethyl adjacent to an activating group) is 1. The van der Waals surface area contributed by atoms with Gasteiger partial charge in [0.05, 0.1) is 27.7 Å². The average Bonchev–Trinajstić information content (AvgIpc) is 3.06. The van der Waals surface area contributed by atoms with Gasteiger partial charge in [-0.1, -0.05) is 153 Å². The Hall–Kier alpha value is -2.03. The molecular weight excluding hydrogens is 653 g/mol. The molecule has 0 saturated carbocycles. The molecule has 1 unspecified atom stereocenters. The molecule has 10 heteroatoms. The zero-order chi connectivity index (χ0) is 37.2. The molecule has 0 saturated heterocycles. The number of rotatable bonds is 34. The van der Waals surface area contributed by atoms with E-state index in [-0.39, 0.29) is 13.2 Å². The highest BCUT2D eigenvalue weighted by atomic mass is 31.2. The minimum Gasteiger partial charge on any atom is -0.458 e. The first kappa shape index (κ1) is 48.0. The van der Waals surface area contributed by atoms with Gasteiger partial charge in [0.15, 0.2) is 6.10 Å². The summed E-state index contributed by atoms with van der Waals surface area (Å²) < 4.78 is 33.7. The molecule has 9 nitrogen and oxygen atoms in total. The Balaban J connectivity index is 4.67. The molecule has 0 rings (SSSR count). The highest BCUT2D eigenvalue weighted by Crippen LogP contribution is 2.43. The fourth-order valence-electron chi connectivity index (χ4n) is 4.95. The number of phosphoric ester groups is 1. The molecule has 290 valence electrons. The quantitative estimate of drug-likeness (QED) is 0.0174. The van der Waals surface area contributed by atoms with E-state index in [0.717, 1.165) is 25.7 Å². The standard InChI is InChI=1S/C40H72NO8P/c1-6-8-10-12-14-16-18-20-22-24-26-28-30-32-39(42)46-36-38(37-48-50(44,45)47-35-34-41(3,4)5)49-40(43)33-31-29-27-25-23-21-19-17-15-13-11-9-7-2/h26-33,38H,6-25,34-37H2,1-5H3/p+1/b28-26+,29-27+,32-30+,33-31+/t38-/m1/s1. The van der Waals surface area contributed by atoms with E-state index >= 15 is 0 Å². The van der Waals surface area contributed by atoms with Gasteiger partial charge in [0.1, 0.15) is 19.8 Å². The van der Waals surface area contributed by atoms with Crippen molar-refractivity contribution >= 4 is 19.8 Å². The molecule has 0 aromatic carbocycles. The lowest BCUT2D eigenvalue weighted by Crippen LogP contribution is -2.37. The maximum atomic E-state index is 12.5. The number of unbranched alkanes of at least 4 members (excludes halogenated alkanes) is 18. The van der Waals surface area contributed by atoms with Crippen LogP contribution in [0.4, 0.5) is 0 Å². The smallest absolute Gasteiger partial charge is 0.458 e. The number of esters is 2. The van der Waals surface area contributed by atoms with Crippen LogP contribution in [0.5, 0.6) is 0 Å². The normalized spacial score (nSPS) is 14.3. The van der Waals surface area contributed by atoms with Crippen molar-refractivity contribution in [2.75, 3.05) is 47.5 Å².